The Balaban J connectivity index is 1.97. The number of aromatic nitrogens is 2. The van der Waals surface area contributed by atoms with Gasteiger partial charge in [0.15, 0.2) is 0 Å². The minimum atomic E-state index is -0.341. The highest BCUT2D eigenvalue weighted by Crippen LogP contribution is 2.06. The topological polar surface area (TPSA) is 56.1 Å². The Morgan fingerprint density at radius 3 is 2.79 bits per heavy atom. The van der Waals surface area contributed by atoms with Gasteiger partial charge in [0, 0.05) is 12.7 Å². The van der Waals surface area contributed by atoms with Crippen molar-refractivity contribution in [2.75, 3.05) is 7.11 Å². The van der Waals surface area contributed by atoms with Crippen LogP contribution in [-0.2, 0) is 16.1 Å². The number of para-hydroxylation sites is 1. The van der Waals surface area contributed by atoms with Crippen LogP contribution in [0.1, 0.15) is 12.6 Å². The average molecular weight is 259 g/mol. The first kappa shape index (κ1) is 13.3. The van der Waals surface area contributed by atoms with E-state index >= 15 is 0 Å². The summed E-state index contributed by atoms with van der Waals surface area (Å²) in [6.45, 7) is 2.29. The summed E-state index contributed by atoms with van der Waals surface area (Å²) >= 11 is 0. The monoisotopic (exact) mass is 259 g/mol. The standard InChI is InChI=1S/C14H17N3O2/c1-11(14(18)19-2)15-10-12-8-9-17(16-12)13-6-4-3-5-7-13/h3-9,11,15H,10H2,1-2H3. The highest BCUT2D eigenvalue weighted by atomic mass is 16.5. The maximum atomic E-state index is 11.2. The van der Waals surface area contributed by atoms with Gasteiger partial charge in [-0.15, -0.1) is 0 Å². The van der Waals surface area contributed by atoms with E-state index in [9.17, 15) is 4.79 Å². The molecule has 5 nitrogen and oxygen atoms in total. The minimum absolute atomic E-state index is 0.275. The zero-order valence-electron chi connectivity index (χ0n) is 11.0. The molecule has 1 atom stereocenters. The van der Waals surface area contributed by atoms with Crippen molar-refractivity contribution in [3.8, 4) is 5.69 Å². The molecule has 0 aliphatic heterocycles. The number of hydrogen-bond acceptors (Lipinski definition) is 4. The lowest BCUT2D eigenvalue weighted by Crippen LogP contribution is -2.34. The number of nitrogens with one attached hydrogen (secondary N) is 1. The maximum Gasteiger partial charge on any atom is 0.322 e. The van der Waals surface area contributed by atoms with Crippen molar-refractivity contribution in [3.63, 3.8) is 0 Å². The van der Waals surface area contributed by atoms with Gasteiger partial charge in [-0.05, 0) is 25.1 Å². The molecule has 5 heteroatoms. The van der Waals surface area contributed by atoms with Gasteiger partial charge >= 0.3 is 5.97 Å². The molecule has 0 saturated heterocycles. The summed E-state index contributed by atoms with van der Waals surface area (Å²) < 4.78 is 6.45. The number of carbonyl (C=O) groups is 1. The van der Waals surface area contributed by atoms with Crippen LogP contribution < -0.4 is 5.32 Å². The molecule has 1 aromatic heterocycles. The summed E-state index contributed by atoms with van der Waals surface area (Å²) in [4.78, 5) is 11.2. The first-order chi connectivity index (χ1) is 9.20. The first-order valence-electron chi connectivity index (χ1n) is 6.12. The van der Waals surface area contributed by atoms with E-state index in [-0.39, 0.29) is 12.0 Å². The van der Waals surface area contributed by atoms with E-state index in [4.69, 9.17) is 0 Å². The van der Waals surface area contributed by atoms with Gasteiger partial charge in [-0.3, -0.25) is 10.1 Å². The van der Waals surface area contributed by atoms with Crippen LogP contribution in [0.5, 0.6) is 0 Å². The summed E-state index contributed by atoms with van der Waals surface area (Å²) in [6, 6.07) is 11.5. The minimum Gasteiger partial charge on any atom is -0.468 e. The summed E-state index contributed by atoms with van der Waals surface area (Å²) in [6.07, 6.45) is 1.90. The van der Waals surface area contributed by atoms with Crippen molar-refractivity contribution >= 4 is 5.97 Å². The molecule has 1 heterocycles. The number of rotatable bonds is 5. The van der Waals surface area contributed by atoms with Crippen molar-refractivity contribution < 1.29 is 9.53 Å². The van der Waals surface area contributed by atoms with Crippen LogP contribution in [0.15, 0.2) is 42.6 Å². The third kappa shape index (κ3) is 3.42. The Kier molecular flexibility index (Phi) is 4.30. The van der Waals surface area contributed by atoms with E-state index < -0.39 is 0 Å². The van der Waals surface area contributed by atoms with Crippen molar-refractivity contribution in [1.29, 1.82) is 0 Å². The van der Waals surface area contributed by atoms with E-state index in [2.05, 4.69) is 15.2 Å². The molecule has 19 heavy (non-hydrogen) atoms. The number of esters is 1. The molecule has 0 radical (unpaired) electrons. The molecule has 2 rings (SSSR count). The Labute approximate surface area is 112 Å². The smallest absolute Gasteiger partial charge is 0.322 e. The molecule has 0 saturated carbocycles. The van der Waals surface area contributed by atoms with E-state index in [1.807, 2.05) is 42.6 Å². The number of benzene rings is 1. The van der Waals surface area contributed by atoms with Crippen molar-refractivity contribution in [3.05, 3.63) is 48.3 Å². The van der Waals surface area contributed by atoms with Crippen LogP contribution in [0.2, 0.25) is 0 Å². The predicted octanol–water partition coefficient (Wildman–Crippen LogP) is 1.52. The Morgan fingerprint density at radius 1 is 1.37 bits per heavy atom. The lowest BCUT2D eigenvalue weighted by atomic mass is 10.3. The molecule has 0 aliphatic carbocycles. The van der Waals surface area contributed by atoms with Crippen LogP contribution in [0.4, 0.5) is 0 Å². The molecule has 1 aromatic carbocycles. The van der Waals surface area contributed by atoms with Gasteiger partial charge in [-0.25, -0.2) is 4.68 Å². The maximum absolute atomic E-state index is 11.2. The molecular weight excluding hydrogens is 242 g/mol. The number of carbonyl (C=O) groups excluding carboxylic acids is 1. The zero-order valence-corrected chi connectivity index (χ0v) is 11.0. The predicted molar refractivity (Wildman–Crippen MR) is 71.9 cm³/mol. The fourth-order valence-corrected chi connectivity index (χ4v) is 1.70. The lowest BCUT2D eigenvalue weighted by Gasteiger charge is -2.09. The highest BCUT2D eigenvalue weighted by molar-refractivity contribution is 5.75. The number of hydrogen-bond donors (Lipinski definition) is 1. The Bertz CT molecular complexity index is 537. The van der Waals surface area contributed by atoms with E-state index in [1.54, 1.807) is 11.6 Å². The van der Waals surface area contributed by atoms with E-state index in [0.29, 0.717) is 6.54 Å². The summed E-state index contributed by atoms with van der Waals surface area (Å²) in [5.74, 6) is -0.275. The van der Waals surface area contributed by atoms with Crippen LogP contribution in [0.3, 0.4) is 0 Å². The van der Waals surface area contributed by atoms with Crippen LogP contribution in [0.25, 0.3) is 5.69 Å². The van der Waals surface area contributed by atoms with Crippen molar-refractivity contribution in [2.45, 2.75) is 19.5 Å². The second-order valence-corrected chi connectivity index (χ2v) is 4.21. The van der Waals surface area contributed by atoms with Gasteiger partial charge in [0.05, 0.1) is 18.5 Å². The number of nitrogens with zero attached hydrogens (tertiary/aromatic N) is 2. The SMILES string of the molecule is COC(=O)C(C)NCc1ccn(-c2ccccc2)n1. The molecule has 100 valence electrons. The normalized spacial score (nSPS) is 12.1. The van der Waals surface area contributed by atoms with E-state index in [0.717, 1.165) is 11.4 Å². The summed E-state index contributed by atoms with van der Waals surface area (Å²) in [5, 5.41) is 7.50. The largest absolute Gasteiger partial charge is 0.468 e. The molecule has 0 aliphatic rings. The second-order valence-electron chi connectivity index (χ2n) is 4.21. The van der Waals surface area contributed by atoms with Gasteiger partial charge < -0.3 is 4.74 Å². The number of ether oxygens (including phenoxy) is 1. The molecule has 0 bridgehead atoms. The quantitative estimate of drug-likeness (QED) is 0.827. The average Bonchev–Trinajstić information content (AvgIpc) is 2.93. The summed E-state index contributed by atoms with van der Waals surface area (Å²) in [5.41, 5.74) is 1.88. The third-order valence-corrected chi connectivity index (χ3v) is 2.81. The van der Waals surface area contributed by atoms with E-state index in [1.165, 1.54) is 7.11 Å². The van der Waals surface area contributed by atoms with Crippen LogP contribution >= 0.6 is 0 Å². The van der Waals surface area contributed by atoms with Gasteiger partial charge in [-0.2, -0.15) is 5.10 Å². The molecule has 0 amide bonds. The molecule has 0 fully saturated rings. The van der Waals surface area contributed by atoms with Gasteiger partial charge in [0.2, 0.25) is 0 Å². The fraction of sp³-hybridized carbons (Fsp3) is 0.286. The Morgan fingerprint density at radius 2 is 2.11 bits per heavy atom. The van der Waals surface area contributed by atoms with Crippen molar-refractivity contribution in [2.24, 2.45) is 0 Å². The number of methoxy groups -OCH3 is 1. The lowest BCUT2D eigenvalue weighted by molar-refractivity contribution is -0.142. The highest BCUT2D eigenvalue weighted by Gasteiger charge is 2.12. The van der Waals surface area contributed by atoms with Gasteiger partial charge in [-0.1, -0.05) is 18.2 Å². The molecule has 1 N–H and O–H groups in total. The van der Waals surface area contributed by atoms with Gasteiger partial charge in [0.1, 0.15) is 6.04 Å². The molecule has 1 unspecified atom stereocenters. The zero-order chi connectivity index (χ0) is 13.7. The molecule has 2 aromatic rings. The third-order valence-electron chi connectivity index (χ3n) is 2.81. The molecular formula is C14H17N3O2. The van der Waals surface area contributed by atoms with Crippen LogP contribution in [-0.4, -0.2) is 28.9 Å². The molecule has 0 spiro atoms. The van der Waals surface area contributed by atoms with Gasteiger partial charge in [0.25, 0.3) is 0 Å². The second kappa shape index (κ2) is 6.15. The van der Waals surface area contributed by atoms with Crippen molar-refractivity contribution in [1.82, 2.24) is 15.1 Å². The fourth-order valence-electron chi connectivity index (χ4n) is 1.70. The first-order valence-corrected chi connectivity index (χ1v) is 6.12. The summed E-state index contributed by atoms with van der Waals surface area (Å²) in [7, 11) is 1.38. The van der Waals surface area contributed by atoms with Crippen LogP contribution in [0, 0.1) is 0 Å². The Hall–Kier alpha value is -2.14.